The minimum Gasteiger partial charge on any atom is -0.512 e. The van der Waals surface area contributed by atoms with Gasteiger partial charge in [0.1, 0.15) is 0 Å². The molecule has 1 aliphatic heterocycles. The Labute approximate surface area is 121 Å². The van der Waals surface area contributed by atoms with Gasteiger partial charge in [0.15, 0.2) is 0 Å². The SMILES string of the molecule is CCCCCCCCC[NH+]1CCCCC1CC.[C-]#N. The Kier molecular flexibility index (Phi) is 13.5. The highest BCUT2D eigenvalue weighted by molar-refractivity contribution is 4.59. The van der Waals surface area contributed by atoms with Crippen LogP contribution in [0.3, 0.4) is 0 Å². The van der Waals surface area contributed by atoms with Crippen molar-refractivity contribution in [3.8, 4) is 0 Å². The largest absolute Gasteiger partial charge is 0.512 e. The fraction of sp³-hybridized carbons (Fsp3) is 0.941. The molecule has 1 saturated heterocycles. The van der Waals surface area contributed by atoms with Gasteiger partial charge in [-0.1, -0.05) is 46.0 Å². The molecule has 1 aliphatic rings. The lowest BCUT2D eigenvalue weighted by Crippen LogP contribution is -3.16. The van der Waals surface area contributed by atoms with E-state index in [0.717, 1.165) is 6.04 Å². The van der Waals surface area contributed by atoms with E-state index in [-0.39, 0.29) is 0 Å². The van der Waals surface area contributed by atoms with Crippen LogP contribution in [-0.2, 0) is 0 Å². The van der Waals surface area contributed by atoms with Gasteiger partial charge in [-0.2, -0.15) is 0 Å². The molecule has 2 unspecified atom stereocenters. The molecule has 0 aromatic rings. The average Bonchev–Trinajstić information content (AvgIpc) is 2.49. The summed E-state index contributed by atoms with van der Waals surface area (Å²) in [5, 5.41) is 6.25. The maximum atomic E-state index is 6.25. The quantitative estimate of drug-likeness (QED) is 0.500. The normalized spacial score (nSPS) is 22.5. The van der Waals surface area contributed by atoms with Crippen molar-refractivity contribution in [2.24, 2.45) is 0 Å². The number of nitrogens with one attached hydrogen (secondary N) is 1. The lowest BCUT2D eigenvalue weighted by molar-refractivity contribution is -0.931. The summed E-state index contributed by atoms with van der Waals surface area (Å²) in [5.74, 6) is 0. The number of unbranched alkanes of at least 4 members (excludes halogenated alkanes) is 6. The van der Waals surface area contributed by atoms with E-state index in [1.54, 1.807) is 0 Å². The van der Waals surface area contributed by atoms with Crippen LogP contribution in [0.4, 0.5) is 0 Å². The van der Waals surface area contributed by atoms with E-state index < -0.39 is 0 Å². The minimum absolute atomic E-state index is 0.990. The maximum Gasteiger partial charge on any atom is 0.0872 e. The third-order valence-electron chi connectivity index (χ3n) is 4.47. The molecular formula is C17H34N2. The molecule has 0 radical (unpaired) electrons. The highest BCUT2D eigenvalue weighted by atomic mass is 15.2. The Bertz CT molecular complexity index is 201. The molecule has 0 aromatic heterocycles. The van der Waals surface area contributed by atoms with Crippen molar-refractivity contribution in [3.63, 3.8) is 0 Å². The van der Waals surface area contributed by atoms with Crippen LogP contribution < -0.4 is 4.90 Å². The summed E-state index contributed by atoms with van der Waals surface area (Å²) in [4.78, 5) is 1.92. The van der Waals surface area contributed by atoms with Crippen molar-refractivity contribution in [1.29, 1.82) is 5.26 Å². The van der Waals surface area contributed by atoms with E-state index >= 15 is 0 Å². The van der Waals surface area contributed by atoms with Crippen LogP contribution in [0.2, 0.25) is 0 Å². The number of hydrogen-bond donors (Lipinski definition) is 1. The smallest absolute Gasteiger partial charge is 0.0872 e. The molecule has 112 valence electrons. The van der Waals surface area contributed by atoms with Gasteiger partial charge >= 0.3 is 0 Å². The molecule has 1 N–H and O–H groups in total. The number of rotatable bonds is 9. The van der Waals surface area contributed by atoms with Crippen LogP contribution in [0.15, 0.2) is 0 Å². The molecule has 1 rings (SSSR count). The Morgan fingerprint density at radius 1 is 0.947 bits per heavy atom. The van der Waals surface area contributed by atoms with Crippen molar-refractivity contribution < 1.29 is 4.90 Å². The summed E-state index contributed by atoms with van der Waals surface area (Å²) in [5.41, 5.74) is 0. The topological polar surface area (TPSA) is 28.2 Å². The van der Waals surface area contributed by atoms with Gasteiger partial charge in [-0.05, 0) is 38.5 Å². The first-order valence-corrected chi connectivity index (χ1v) is 8.45. The van der Waals surface area contributed by atoms with Gasteiger partial charge < -0.3 is 16.7 Å². The highest BCUT2D eigenvalue weighted by Gasteiger charge is 2.23. The molecule has 1 fully saturated rings. The summed E-state index contributed by atoms with van der Waals surface area (Å²) in [6.07, 6.45) is 16.0. The van der Waals surface area contributed by atoms with Gasteiger partial charge in [-0.25, -0.2) is 0 Å². The van der Waals surface area contributed by atoms with Gasteiger partial charge in [-0.15, -0.1) is 0 Å². The van der Waals surface area contributed by atoms with Gasteiger partial charge in [0, 0.05) is 0 Å². The predicted octanol–water partition coefficient (Wildman–Crippen LogP) is 3.68. The van der Waals surface area contributed by atoms with Crippen molar-refractivity contribution in [2.75, 3.05) is 13.1 Å². The van der Waals surface area contributed by atoms with Crippen LogP contribution >= 0.6 is 0 Å². The summed E-state index contributed by atoms with van der Waals surface area (Å²) in [6.45, 7) is 12.3. The molecule has 0 aliphatic carbocycles. The molecular weight excluding hydrogens is 232 g/mol. The molecule has 0 amide bonds. The molecule has 2 nitrogen and oxygen atoms in total. The van der Waals surface area contributed by atoms with Crippen LogP contribution in [0.1, 0.15) is 84.5 Å². The number of quaternary nitrogens is 1. The van der Waals surface area contributed by atoms with Crippen LogP contribution in [0.5, 0.6) is 0 Å². The van der Waals surface area contributed by atoms with Crippen molar-refractivity contribution >= 4 is 0 Å². The number of nitrogens with zero attached hydrogens (tertiary/aromatic N) is 1. The summed E-state index contributed by atoms with van der Waals surface area (Å²) < 4.78 is 0. The summed E-state index contributed by atoms with van der Waals surface area (Å²) in [6, 6.07) is 0.990. The van der Waals surface area contributed by atoms with Crippen LogP contribution in [-0.4, -0.2) is 19.1 Å². The lowest BCUT2D eigenvalue weighted by atomic mass is 9.99. The van der Waals surface area contributed by atoms with Crippen molar-refractivity contribution in [1.82, 2.24) is 0 Å². The molecule has 2 atom stereocenters. The molecule has 0 spiro atoms. The van der Waals surface area contributed by atoms with Gasteiger partial charge in [0.25, 0.3) is 0 Å². The summed E-state index contributed by atoms with van der Waals surface area (Å²) >= 11 is 0. The third kappa shape index (κ3) is 9.05. The third-order valence-corrected chi connectivity index (χ3v) is 4.47. The first-order chi connectivity index (χ1) is 9.38. The van der Waals surface area contributed by atoms with E-state index in [9.17, 15) is 0 Å². The zero-order chi connectivity index (χ0) is 14.3. The number of likely N-dealkylation sites (tertiary alicyclic amines) is 1. The fourth-order valence-corrected chi connectivity index (χ4v) is 3.28. The zero-order valence-corrected chi connectivity index (χ0v) is 13.2. The Hall–Kier alpha value is -0.550. The second kappa shape index (κ2) is 13.9. The zero-order valence-electron chi connectivity index (χ0n) is 13.2. The van der Waals surface area contributed by atoms with E-state index in [4.69, 9.17) is 11.8 Å². The Morgan fingerprint density at radius 3 is 2.21 bits per heavy atom. The molecule has 0 aromatic carbocycles. The van der Waals surface area contributed by atoms with Crippen molar-refractivity contribution in [3.05, 3.63) is 6.57 Å². The predicted molar refractivity (Wildman–Crippen MR) is 81.6 cm³/mol. The Morgan fingerprint density at radius 2 is 1.58 bits per heavy atom. The summed E-state index contributed by atoms with van der Waals surface area (Å²) in [7, 11) is 0. The fourth-order valence-electron chi connectivity index (χ4n) is 3.28. The average molecular weight is 266 g/mol. The first kappa shape index (κ1) is 18.4. The number of hydrogen-bond acceptors (Lipinski definition) is 1. The van der Waals surface area contributed by atoms with Crippen LogP contribution in [0, 0.1) is 11.8 Å². The van der Waals surface area contributed by atoms with Gasteiger partial charge in [0.2, 0.25) is 0 Å². The van der Waals surface area contributed by atoms with E-state index in [1.807, 2.05) is 4.90 Å². The van der Waals surface area contributed by atoms with E-state index in [0.29, 0.717) is 0 Å². The molecule has 1 heterocycles. The second-order valence-electron chi connectivity index (χ2n) is 5.88. The van der Waals surface area contributed by atoms with Crippen LogP contribution in [0.25, 0.3) is 0 Å². The monoisotopic (exact) mass is 266 g/mol. The molecule has 0 bridgehead atoms. The maximum absolute atomic E-state index is 6.25. The Balaban J connectivity index is 0.00000154. The minimum atomic E-state index is 0.990. The highest BCUT2D eigenvalue weighted by Crippen LogP contribution is 2.08. The standard InChI is InChI=1S/C16H33N.CN/c1-3-5-6-7-8-9-11-14-17-15-12-10-13-16(17)4-2;1-2/h16H,3-15H2,1-2H3;/q;-1/p+1. The second-order valence-corrected chi connectivity index (χ2v) is 5.88. The molecule has 0 saturated carbocycles. The van der Waals surface area contributed by atoms with Crippen molar-refractivity contribution in [2.45, 2.75) is 90.5 Å². The molecule has 19 heavy (non-hydrogen) atoms. The van der Waals surface area contributed by atoms with Gasteiger partial charge in [-0.3, -0.25) is 0 Å². The lowest BCUT2D eigenvalue weighted by Gasteiger charge is -2.32. The number of piperidine rings is 1. The first-order valence-electron chi connectivity index (χ1n) is 8.45. The van der Waals surface area contributed by atoms with Gasteiger partial charge in [0.05, 0.1) is 19.1 Å². The van der Waals surface area contributed by atoms with E-state index in [2.05, 4.69) is 13.8 Å². The van der Waals surface area contributed by atoms with E-state index in [1.165, 1.54) is 83.7 Å². The molecule has 2 heteroatoms.